The number of rotatable bonds is 5. The number of guanidine groups is 1. The van der Waals surface area contributed by atoms with Gasteiger partial charge in [-0.2, -0.15) is 0 Å². The normalized spacial score (nSPS) is 19.2. The summed E-state index contributed by atoms with van der Waals surface area (Å²) in [5.74, 6) is 0.466. The molecule has 1 aromatic carbocycles. The monoisotopic (exact) mass is 368 g/mol. The number of anilines is 1. The molecule has 0 radical (unpaired) electrons. The van der Waals surface area contributed by atoms with Gasteiger partial charge in [0, 0.05) is 19.2 Å². The van der Waals surface area contributed by atoms with Crippen LogP contribution in [0.1, 0.15) is 32.6 Å². The summed E-state index contributed by atoms with van der Waals surface area (Å²) in [6.07, 6.45) is 3.41. The fourth-order valence-electron chi connectivity index (χ4n) is 2.87. The molecule has 1 aliphatic carbocycles. The van der Waals surface area contributed by atoms with Crippen molar-refractivity contribution in [3.63, 3.8) is 0 Å². The number of hydrogen-bond donors (Lipinski definition) is 4. The summed E-state index contributed by atoms with van der Waals surface area (Å²) < 4.78 is 5.43. The molecule has 25 heavy (non-hydrogen) atoms. The minimum Gasteiger partial charge on any atom is -0.426 e. The van der Waals surface area contributed by atoms with Crippen LogP contribution in [0.5, 0.6) is 5.75 Å². The fraction of sp³-hybridized carbons (Fsp3) is 0.471. The molecule has 7 nitrogen and oxygen atoms in total. The van der Waals surface area contributed by atoms with Gasteiger partial charge in [-0.05, 0) is 55.9 Å². The highest BCUT2D eigenvalue weighted by Crippen LogP contribution is 2.30. The van der Waals surface area contributed by atoms with Crippen molar-refractivity contribution in [2.45, 2.75) is 32.6 Å². The molecule has 1 fully saturated rings. The number of carbonyl (C=O) groups is 2. The van der Waals surface area contributed by atoms with Crippen LogP contribution in [0.15, 0.2) is 24.3 Å². The van der Waals surface area contributed by atoms with Crippen LogP contribution < -0.4 is 21.1 Å². The smallest absolute Gasteiger partial charge is 0.314 e. The second kappa shape index (κ2) is 9.88. The molecular formula is C17H25ClN4O3. The minimum atomic E-state index is -0.208. The second-order valence-corrected chi connectivity index (χ2v) is 6.14. The molecule has 1 amide bonds. The number of nitrogens with two attached hydrogens (primary N) is 1. The highest BCUT2D eigenvalue weighted by Gasteiger charge is 2.27. The molecule has 0 heterocycles. The van der Waals surface area contributed by atoms with E-state index in [2.05, 4.69) is 10.6 Å². The zero-order valence-corrected chi connectivity index (χ0v) is 15.0. The quantitative estimate of drug-likeness (QED) is 0.275. The van der Waals surface area contributed by atoms with Gasteiger partial charge in [0.2, 0.25) is 5.91 Å². The van der Waals surface area contributed by atoms with Crippen molar-refractivity contribution >= 4 is 35.9 Å². The first kappa shape index (κ1) is 20.8. The number of esters is 1. The topological polar surface area (TPSA) is 117 Å². The highest BCUT2D eigenvalue weighted by molar-refractivity contribution is 5.88. The standard InChI is InChI=1S/C17H24N4O3.ClH/c1-11(22)21-14-6-8-15(9-7-14)24-16(23)13-4-2-12(3-5-13)10-20-17(18)19;/h6-9,12-13H,2-5,10H2,1H3,(H,21,22)(H4,18,19,20);1H/t12-,13-;. The van der Waals surface area contributed by atoms with Gasteiger partial charge in [0.05, 0.1) is 5.92 Å². The first-order valence-electron chi connectivity index (χ1n) is 8.11. The summed E-state index contributed by atoms with van der Waals surface area (Å²) in [6, 6.07) is 6.75. The Kier molecular flexibility index (Phi) is 8.21. The molecule has 1 saturated carbocycles. The van der Waals surface area contributed by atoms with Crippen LogP contribution in [0.25, 0.3) is 0 Å². The van der Waals surface area contributed by atoms with Crippen molar-refractivity contribution in [2.75, 3.05) is 11.9 Å². The lowest BCUT2D eigenvalue weighted by molar-refractivity contribution is -0.140. The molecule has 1 aliphatic rings. The zero-order chi connectivity index (χ0) is 17.5. The van der Waals surface area contributed by atoms with Crippen LogP contribution in [0.3, 0.4) is 0 Å². The third kappa shape index (κ3) is 7.01. The zero-order valence-electron chi connectivity index (χ0n) is 14.2. The van der Waals surface area contributed by atoms with Crippen molar-refractivity contribution in [3.05, 3.63) is 24.3 Å². The van der Waals surface area contributed by atoms with Crippen LogP contribution in [0, 0.1) is 17.2 Å². The maximum Gasteiger partial charge on any atom is 0.314 e. The number of carbonyl (C=O) groups excluding carboxylic acids is 2. The van der Waals surface area contributed by atoms with Crippen molar-refractivity contribution in [3.8, 4) is 5.75 Å². The number of ether oxygens (including phenoxy) is 1. The first-order chi connectivity index (χ1) is 11.4. The van der Waals surface area contributed by atoms with Crippen LogP contribution >= 0.6 is 12.4 Å². The van der Waals surface area contributed by atoms with Gasteiger partial charge in [0.15, 0.2) is 5.96 Å². The Bertz CT molecular complexity index is 598. The maximum atomic E-state index is 12.2. The van der Waals surface area contributed by atoms with Crippen molar-refractivity contribution in [2.24, 2.45) is 17.6 Å². The van der Waals surface area contributed by atoms with Gasteiger partial charge in [-0.3, -0.25) is 15.0 Å². The molecule has 2 rings (SSSR count). The Morgan fingerprint density at radius 3 is 2.32 bits per heavy atom. The molecule has 138 valence electrons. The Labute approximate surface area is 153 Å². The predicted molar refractivity (Wildman–Crippen MR) is 99.0 cm³/mol. The molecule has 0 saturated heterocycles. The van der Waals surface area contributed by atoms with Crippen molar-refractivity contribution in [1.82, 2.24) is 5.32 Å². The van der Waals surface area contributed by atoms with E-state index >= 15 is 0 Å². The average Bonchev–Trinajstić information content (AvgIpc) is 2.54. The van der Waals surface area contributed by atoms with Gasteiger partial charge in [0.25, 0.3) is 0 Å². The number of amides is 1. The van der Waals surface area contributed by atoms with E-state index < -0.39 is 0 Å². The molecule has 8 heteroatoms. The summed E-state index contributed by atoms with van der Waals surface area (Å²) in [7, 11) is 0. The van der Waals surface area contributed by atoms with E-state index in [0.29, 0.717) is 23.9 Å². The number of nitrogens with one attached hydrogen (secondary N) is 3. The second-order valence-electron chi connectivity index (χ2n) is 6.14. The maximum absolute atomic E-state index is 12.2. The molecule has 0 spiro atoms. The van der Waals surface area contributed by atoms with E-state index in [1.165, 1.54) is 6.92 Å². The summed E-state index contributed by atoms with van der Waals surface area (Å²) in [4.78, 5) is 23.2. The summed E-state index contributed by atoms with van der Waals surface area (Å²) in [5.41, 5.74) is 5.95. The van der Waals surface area contributed by atoms with Crippen molar-refractivity contribution < 1.29 is 14.3 Å². The highest BCUT2D eigenvalue weighted by atomic mass is 35.5. The van der Waals surface area contributed by atoms with Gasteiger partial charge in [-0.15, -0.1) is 12.4 Å². The number of benzene rings is 1. The Morgan fingerprint density at radius 2 is 1.80 bits per heavy atom. The van der Waals surface area contributed by atoms with E-state index in [1.807, 2.05) is 0 Å². The Balaban J connectivity index is 0.00000312. The van der Waals surface area contributed by atoms with Crippen LogP contribution in [0.4, 0.5) is 5.69 Å². The molecule has 0 bridgehead atoms. The van der Waals surface area contributed by atoms with Gasteiger partial charge in [-0.25, -0.2) is 0 Å². The SMILES string of the molecule is CC(=O)Nc1ccc(OC(=O)[C@H]2CC[C@H](CNC(=N)N)CC2)cc1.Cl. The van der Waals surface area contributed by atoms with E-state index in [0.717, 1.165) is 25.7 Å². The lowest BCUT2D eigenvalue weighted by atomic mass is 9.82. The molecule has 0 atom stereocenters. The summed E-state index contributed by atoms with van der Waals surface area (Å²) >= 11 is 0. The van der Waals surface area contributed by atoms with Gasteiger partial charge in [-0.1, -0.05) is 0 Å². The molecule has 0 aliphatic heterocycles. The summed E-state index contributed by atoms with van der Waals surface area (Å²) in [5, 5.41) is 12.7. The van der Waals surface area contributed by atoms with Gasteiger partial charge in [0.1, 0.15) is 5.75 Å². The molecule has 0 unspecified atom stereocenters. The number of hydrogen-bond acceptors (Lipinski definition) is 4. The lowest BCUT2D eigenvalue weighted by Gasteiger charge is -2.27. The van der Waals surface area contributed by atoms with E-state index in [9.17, 15) is 9.59 Å². The molecular weight excluding hydrogens is 344 g/mol. The van der Waals surface area contributed by atoms with E-state index in [1.54, 1.807) is 24.3 Å². The minimum absolute atomic E-state index is 0. The number of halogens is 1. The molecule has 0 aromatic heterocycles. The van der Waals surface area contributed by atoms with Gasteiger partial charge < -0.3 is 21.1 Å². The average molecular weight is 369 g/mol. The van der Waals surface area contributed by atoms with Crippen LogP contribution in [-0.4, -0.2) is 24.4 Å². The van der Waals surface area contributed by atoms with E-state index in [4.69, 9.17) is 15.9 Å². The van der Waals surface area contributed by atoms with Crippen molar-refractivity contribution in [1.29, 1.82) is 5.41 Å². The van der Waals surface area contributed by atoms with Gasteiger partial charge >= 0.3 is 5.97 Å². The largest absolute Gasteiger partial charge is 0.426 e. The third-order valence-corrected chi connectivity index (χ3v) is 4.15. The fourth-order valence-corrected chi connectivity index (χ4v) is 2.87. The lowest BCUT2D eigenvalue weighted by Crippen LogP contribution is -2.36. The Morgan fingerprint density at radius 1 is 1.20 bits per heavy atom. The predicted octanol–water partition coefficient (Wildman–Crippen LogP) is 2.26. The third-order valence-electron chi connectivity index (χ3n) is 4.15. The Hall–Kier alpha value is -2.28. The van der Waals surface area contributed by atoms with Crippen LogP contribution in [-0.2, 0) is 9.59 Å². The van der Waals surface area contributed by atoms with Crippen LogP contribution in [0.2, 0.25) is 0 Å². The van der Waals surface area contributed by atoms with E-state index in [-0.39, 0.29) is 36.2 Å². The summed E-state index contributed by atoms with van der Waals surface area (Å²) in [6.45, 7) is 2.12. The molecule has 1 aromatic rings. The molecule has 5 N–H and O–H groups in total. The first-order valence-corrected chi connectivity index (χ1v) is 8.11.